The highest BCUT2D eigenvalue weighted by Crippen LogP contribution is 2.24. The van der Waals surface area contributed by atoms with Crippen molar-refractivity contribution in [2.75, 3.05) is 11.9 Å². The molecule has 3 rings (SSSR count). The molecular weight excluding hydrogens is 406 g/mol. The molecule has 0 aliphatic carbocycles. The quantitative estimate of drug-likeness (QED) is 0.509. The predicted octanol–water partition coefficient (Wildman–Crippen LogP) is 4.98. The van der Waals surface area contributed by atoms with Gasteiger partial charge in [-0.3, -0.25) is 0 Å². The number of ether oxygens (including phenoxy) is 2. The number of carbonyl (C=O) groups is 2. The molecule has 0 saturated heterocycles. The van der Waals surface area contributed by atoms with Gasteiger partial charge in [-0.2, -0.15) is 0 Å². The number of nitrogens with one attached hydrogen (secondary N) is 2. The molecule has 32 heavy (non-hydrogen) atoms. The van der Waals surface area contributed by atoms with Gasteiger partial charge in [0.2, 0.25) is 0 Å². The number of hydrogen-bond acceptors (Lipinski definition) is 6. The van der Waals surface area contributed by atoms with Gasteiger partial charge in [0.05, 0.1) is 6.61 Å². The van der Waals surface area contributed by atoms with E-state index in [-0.39, 0.29) is 13.0 Å². The lowest BCUT2D eigenvalue weighted by Crippen LogP contribution is -2.45. The smallest absolute Gasteiger partial charge is 0.408 e. The van der Waals surface area contributed by atoms with Gasteiger partial charge in [-0.25, -0.2) is 14.6 Å². The van der Waals surface area contributed by atoms with Gasteiger partial charge in [-0.15, -0.1) is 0 Å². The summed E-state index contributed by atoms with van der Waals surface area (Å²) in [6.45, 7) is 7.25. The number of amides is 1. The van der Waals surface area contributed by atoms with E-state index in [0.717, 1.165) is 27.8 Å². The highest BCUT2D eigenvalue weighted by molar-refractivity contribution is 5.93. The van der Waals surface area contributed by atoms with Crippen molar-refractivity contribution < 1.29 is 19.1 Å². The standard InChI is InChI=1S/C25H29N3O4/c1-5-31-23(29)21(28-24(30)32-25(2,3)4)16-17-10-12-19(13-11-17)27-22-20-9-7-6-8-18(20)14-15-26-22/h6-15,21H,5,16H2,1-4H3,(H,26,27)(H,28,30)/t21-/m0/s1. The second kappa shape index (κ2) is 10.1. The predicted molar refractivity (Wildman–Crippen MR) is 125 cm³/mol. The number of carbonyl (C=O) groups excluding carboxylic acids is 2. The van der Waals surface area contributed by atoms with Gasteiger partial charge in [0.15, 0.2) is 0 Å². The zero-order valence-corrected chi connectivity index (χ0v) is 18.8. The Bertz CT molecular complexity index is 1070. The van der Waals surface area contributed by atoms with Crippen molar-refractivity contribution in [3.63, 3.8) is 0 Å². The monoisotopic (exact) mass is 435 g/mol. The van der Waals surface area contributed by atoms with E-state index < -0.39 is 23.7 Å². The molecule has 3 aromatic rings. The van der Waals surface area contributed by atoms with E-state index in [4.69, 9.17) is 9.47 Å². The van der Waals surface area contributed by atoms with Crippen molar-refractivity contribution in [3.05, 3.63) is 66.4 Å². The van der Waals surface area contributed by atoms with Crippen LogP contribution in [-0.2, 0) is 20.7 Å². The van der Waals surface area contributed by atoms with Crippen LogP contribution >= 0.6 is 0 Å². The molecule has 0 aliphatic rings. The van der Waals surface area contributed by atoms with Crippen molar-refractivity contribution in [1.82, 2.24) is 10.3 Å². The number of rotatable bonds is 7. The lowest BCUT2D eigenvalue weighted by atomic mass is 10.1. The molecule has 0 radical (unpaired) electrons. The molecule has 1 atom stereocenters. The van der Waals surface area contributed by atoms with Crippen LogP contribution in [0.5, 0.6) is 0 Å². The maximum atomic E-state index is 12.4. The van der Waals surface area contributed by atoms with Gasteiger partial charge in [0.25, 0.3) is 0 Å². The molecule has 0 aliphatic heterocycles. The Morgan fingerprint density at radius 2 is 1.75 bits per heavy atom. The summed E-state index contributed by atoms with van der Waals surface area (Å²) >= 11 is 0. The number of aromatic nitrogens is 1. The van der Waals surface area contributed by atoms with E-state index in [9.17, 15) is 9.59 Å². The maximum absolute atomic E-state index is 12.4. The van der Waals surface area contributed by atoms with E-state index in [2.05, 4.69) is 15.6 Å². The largest absolute Gasteiger partial charge is 0.464 e. The first-order chi connectivity index (χ1) is 15.2. The molecule has 0 fully saturated rings. The number of benzene rings is 2. The molecule has 0 bridgehead atoms. The molecule has 168 valence electrons. The molecule has 0 spiro atoms. The summed E-state index contributed by atoms with van der Waals surface area (Å²) in [5.41, 5.74) is 1.08. The number of fused-ring (bicyclic) bond motifs is 1. The Balaban J connectivity index is 1.71. The molecule has 1 heterocycles. The van der Waals surface area contributed by atoms with Crippen LogP contribution in [0, 0.1) is 0 Å². The highest BCUT2D eigenvalue weighted by Gasteiger charge is 2.25. The minimum absolute atomic E-state index is 0.228. The summed E-state index contributed by atoms with van der Waals surface area (Å²) < 4.78 is 10.4. The van der Waals surface area contributed by atoms with Crippen LogP contribution in [0.15, 0.2) is 60.8 Å². The molecule has 7 nitrogen and oxygen atoms in total. The first-order valence-electron chi connectivity index (χ1n) is 10.6. The third-order valence-electron chi connectivity index (χ3n) is 4.59. The minimum atomic E-state index is -0.844. The zero-order chi connectivity index (χ0) is 23.1. The van der Waals surface area contributed by atoms with E-state index in [1.165, 1.54) is 0 Å². The molecule has 1 aromatic heterocycles. The van der Waals surface area contributed by atoms with Crippen LogP contribution in [0.25, 0.3) is 10.8 Å². The van der Waals surface area contributed by atoms with Crippen molar-refractivity contribution >= 4 is 34.3 Å². The number of alkyl carbamates (subject to hydrolysis) is 1. The number of nitrogens with zero attached hydrogens (tertiary/aromatic N) is 1. The summed E-state index contributed by atoms with van der Waals surface area (Å²) in [4.78, 5) is 29.0. The molecule has 0 saturated carbocycles. The molecule has 7 heteroatoms. The van der Waals surface area contributed by atoms with Gasteiger partial charge in [-0.1, -0.05) is 36.4 Å². The fourth-order valence-corrected chi connectivity index (χ4v) is 3.20. The Morgan fingerprint density at radius 1 is 1.03 bits per heavy atom. The zero-order valence-electron chi connectivity index (χ0n) is 18.8. The van der Waals surface area contributed by atoms with Crippen molar-refractivity contribution in [2.24, 2.45) is 0 Å². The van der Waals surface area contributed by atoms with Crippen LogP contribution in [0.1, 0.15) is 33.3 Å². The van der Waals surface area contributed by atoms with Crippen molar-refractivity contribution in [1.29, 1.82) is 0 Å². The Labute approximate surface area is 188 Å². The third kappa shape index (κ3) is 6.44. The Hall–Kier alpha value is -3.61. The Kier molecular flexibility index (Phi) is 7.30. The number of anilines is 2. The third-order valence-corrected chi connectivity index (χ3v) is 4.59. The SMILES string of the molecule is CCOC(=O)[C@H](Cc1ccc(Nc2nccc3ccccc23)cc1)NC(=O)OC(C)(C)C. The van der Waals surface area contributed by atoms with Crippen LogP contribution in [0.4, 0.5) is 16.3 Å². The van der Waals surface area contributed by atoms with E-state index in [1.807, 2.05) is 54.6 Å². The first kappa shape index (κ1) is 23.1. The second-order valence-electron chi connectivity index (χ2n) is 8.36. The van der Waals surface area contributed by atoms with Gasteiger partial charge in [-0.05, 0) is 56.8 Å². The van der Waals surface area contributed by atoms with Crippen LogP contribution < -0.4 is 10.6 Å². The fraction of sp³-hybridized carbons (Fsp3) is 0.320. The van der Waals surface area contributed by atoms with E-state index in [0.29, 0.717) is 0 Å². The van der Waals surface area contributed by atoms with Crippen LogP contribution in [0.3, 0.4) is 0 Å². The normalized spacial score (nSPS) is 12.1. The second-order valence-corrected chi connectivity index (χ2v) is 8.36. The minimum Gasteiger partial charge on any atom is -0.464 e. The average Bonchev–Trinajstić information content (AvgIpc) is 2.74. The summed E-state index contributed by atoms with van der Waals surface area (Å²) in [5, 5.41) is 8.09. The van der Waals surface area contributed by atoms with Gasteiger partial charge in [0.1, 0.15) is 17.5 Å². The first-order valence-corrected chi connectivity index (χ1v) is 10.6. The van der Waals surface area contributed by atoms with E-state index in [1.54, 1.807) is 33.9 Å². The highest BCUT2D eigenvalue weighted by atomic mass is 16.6. The summed E-state index contributed by atoms with van der Waals surface area (Å²) in [6, 6.07) is 16.8. The van der Waals surface area contributed by atoms with Gasteiger partial charge in [0, 0.05) is 23.7 Å². The number of esters is 1. The summed E-state index contributed by atoms with van der Waals surface area (Å²) in [6.07, 6.45) is 1.40. The summed E-state index contributed by atoms with van der Waals surface area (Å²) in [5.74, 6) is 0.271. The molecule has 0 unspecified atom stereocenters. The average molecular weight is 436 g/mol. The number of hydrogen-bond donors (Lipinski definition) is 2. The van der Waals surface area contributed by atoms with Gasteiger partial charge >= 0.3 is 12.1 Å². The molecule has 2 N–H and O–H groups in total. The fourth-order valence-electron chi connectivity index (χ4n) is 3.20. The van der Waals surface area contributed by atoms with Crippen molar-refractivity contribution in [2.45, 2.75) is 45.8 Å². The Morgan fingerprint density at radius 3 is 2.44 bits per heavy atom. The van der Waals surface area contributed by atoms with E-state index >= 15 is 0 Å². The van der Waals surface area contributed by atoms with Crippen molar-refractivity contribution in [3.8, 4) is 0 Å². The molecule has 1 amide bonds. The lowest BCUT2D eigenvalue weighted by Gasteiger charge is -2.23. The molecular formula is C25H29N3O4. The maximum Gasteiger partial charge on any atom is 0.408 e. The molecule has 2 aromatic carbocycles. The lowest BCUT2D eigenvalue weighted by molar-refractivity contribution is -0.145. The van der Waals surface area contributed by atoms with Crippen LogP contribution in [-0.4, -0.2) is 35.3 Å². The van der Waals surface area contributed by atoms with Gasteiger partial charge < -0.3 is 20.1 Å². The summed E-state index contributed by atoms with van der Waals surface area (Å²) in [7, 11) is 0. The topological polar surface area (TPSA) is 89.5 Å². The number of pyridine rings is 1. The van der Waals surface area contributed by atoms with Crippen LogP contribution in [0.2, 0.25) is 0 Å².